The van der Waals surface area contributed by atoms with Crippen LogP contribution < -0.4 is 0 Å². The largest absolute Gasteiger partial charge is 0.459 e. The molecule has 0 aromatic carbocycles. The first-order valence-corrected chi connectivity index (χ1v) is 13.7. The van der Waals surface area contributed by atoms with E-state index < -0.39 is 34.7 Å². The Morgan fingerprint density at radius 2 is 1.75 bits per heavy atom. The molecule has 1 heterocycles. The quantitative estimate of drug-likeness (QED) is 0.400. The highest BCUT2D eigenvalue weighted by molar-refractivity contribution is 5.95. The zero-order valence-electron chi connectivity index (χ0n) is 22.9. The van der Waals surface area contributed by atoms with Crippen molar-refractivity contribution in [1.29, 1.82) is 0 Å². The van der Waals surface area contributed by atoms with E-state index in [9.17, 15) is 24.9 Å². The number of cyclic esters (lactones) is 1. The summed E-state index contributed by atoms with van der Waals surface area (Å²) in [6.07, 6.45) is 7.30. The van der Waals surface area contributed by atoms with Crippen LogP contribution in [-0.4, -0.2) is 51.0 Å². The number of carbonyl (C=O) groups is 2. The fourth-order valence-electron chi connectivity index (χ4n) is 9.52. The molecule has 3 N–H and O–H groups in total. The lowest BCUT2D eigenvalue weighted by atomic mass is 9.38. The number of carbonyl (C=O) groups excluding carboxylic acids is 2. The molecule has 6 nitrogen and oxygen atoms in total. The Labute approximate surface area is 215 Å². The van der Waals surface area contributed by atoms with Gasteiger partial charge in [0, 0.05) is 17.3 Å². The molecule has 6 heteroatoms. The molecule has 1 unspecified atom stereocenters. The number of aliphatic hydroxyl groups is 3. The molecular formula is C30H44O6. The second-order valence-corrected chi connectivity index (χ2v) is 14.3. The summed E-state index contributed by atoms with van der Waals surface area (Å²) in [7, 11) is 0. The van der Waals surface area contributed by atoms with E-state index in [1.807, 2.05) is 13.8 Å². The normalized spacial score (nSPS) is 48.6. The minimum absolute atomic E-state index is 0.0365. The second kappa shape index (κ2) is 7.77. The van der Waals surface area contributed by atoms with E-state index in [0.29, 0.717) is 12.8 Å². The van der Waals surface area contributed by atoms with Crippen LogP contribution in [0.25, 0.3) is 0 Å². The summed E-state index contributed by atoms with van der Waals surface area (Å²) in [5.41, 5.74) is -1.50. The Bertz CT molecular complexity index is 1030. The highest BCUT2D eigenvalue weighted by Crippen LogP contribution is 2.72. The van der Waals surface area contributed by atoms with Crippen molar-refractivity contribution in [3.05, 3.63) is 23.8 Å². The number of allylic oxidation sites excluding steroid dienone is 3. The van der Waals surface area contributed by atoms with Crippen LogP contribution in [0.15, 0.2) is 23.8 Å². The van der Waals surface area contributed by atoms with Crippen LogP contribution in [0.3, 0.4) is 0 Å². The number of rotatable bonds is 3. The molecule has 3 fully saturated rings. The Morgan fingerprint density at radius 3 is 2.39 bits per heavy atom. The van der Waals surface area contributed by atoms with Crippen molar-refractivity contribution in [3.63, 3.8) is 0 Å². The highest BCUT2D eigenvalue weighted by Gasteiger charge is 2.68. The average Bonchev–Trinajstić information content (AvgIpc) is 3.32. The molecule has 0 aromatic rings. The molecule has 2 saturated carbocycles. The maximum atomic E-state index is 13.1. The van der Waals surface area contributed by atoms with Crippen LogP contribution in [0.1, 0.15) is 80.6 Å². The summed E-state index contributed by atoms with van der Waals surface area (Å²) in [6, 6.07) is 0. The zero-order chi connectivity index (χ0) is 26.6. The molecule has 36 heavy (non-hydrogen) atoms. The number of hydrogen-bond donors (Lipinski definition) is 3. The van der Waals surface area contributed by atoms with Crippen molar-refractivity contribution in [3.8, 4) is 0 Å². The topological polar surface area (TPSA) is 104 Å². The number of ether oxygens (including phenoxy) is 1. The van der Waals surface area contributed by atoms with Gasteiger partial charge in [-0.05, 0) is 74.2 Å². The second-order valence-electron chi connectivity index (χ2n) is 14.3. The smallest absolute Gasteiger partial charge is 0.309 e. The maximum Gasteiger partial charge on any atom is 0.309 e. The molecule has 0 amide bonds. The van der Waals surface area contributed by atoms with Crippen molar-refractivity contribution in [2.75, 3.05) is 0 Å². The van der Waals surface area contributed by atoms with Gasteiger partial charge in [0.15, 0.2) is 5.78 Å². The molecule has 200 valence electrons. The first-order chi connectivity index (χ1) is 16.5. The van der Waals surface area contributed by atoms with Gasteiger partial charge in [-0.15, -0.1) is 0 Å². The van der Waals surface area contributed by atoms with Crippen molar-refractivity contribution in [2.45, 2.75) is 104 Å². The van der Waals surface area contributed by atoms with Gasteiger partial charge in [0.05, 0.1) is 17.6 Å². The molecule has 0 radical (unpaired) electrons. The number of hydrogen-bond acceptors (Lipinski definition) is 6. The fourth-order valence-corrected chi connectivity index (χ4v) is 9.52. The van der Waals surface area contributed by atoms with E-state index in [1.165, 1.54) is 19.4 Å². The van der Waals surface area contributed by atoms with Crippen molar-refractivity contribution in [1.82, 2.24) is 0 Å². The van der Waals surface area contributed by atoms with Gasteiger partial charge in [-0.3, -0.25) is 9.59 Å². The highest BCUT2D eigenvalue weighted by atomic mass is 16.6. The lowest BCUT2D eigenvalue weighted by Gasteiger charge is -2.66. The summed E-state index contributed by atoms with van der Waals surface area (Å²) in [5.74, 6) is -0.185. The molecule has 0 aromatic heterocycles. The van der Waals surface area contributed by atoms with Crippen molar-refractivity contribution >= 4 is 11.8 Å². The lowest BCUT2D eigenvalue weighted by Crippen LogP contribution is -2.63. The van der Waals surface area contributed by atoms with Gasteiger partial charge in [-0.25, -0.2) is 0 Å². The third kappa shape index (κ3) is 3.26. The van der Waals surface area contributed by atoms with Gasteiger partial charge in [0.25, 0.3) is 0 Å². The molecule has 1 saturated heterocycles. The molecule has 10 atom stereocenters. The fraction of sp³-hybridized carbons (Fsp3) is 0.800. The van der Waals surface area contributed by atoms with Gasteiger partial charge in [0.1, 0.15) is 12.2 Å². The van der Waals surface area contributed by atoms with Gasteiger partial charge < -0.3 is 20.1 Å². The molecular weight excluding hydrogens is 456 g/mol. The third-order valence-corrected chi connectivity index (χ3v) is 11.6. The van der Waals surface area contributed by atoms with Gasteiger partial charge in [0.2, 0.25) is 0 Å². The molecule has 0 spiro atoms. The van der Waals surface area contributed by atoms with Crippen LogP contribution in [0.2, 0.25) is 0 Å². The van der Waals surface area contributed by atoms with Crippen molar-refractivity contribution in [2.24, 2.45) is 45.3 Å². The Morgan fingerprint density at radius 1 is 1.08 bits per heavy atom. The van der Waals surface area contributed by atoms with Gasteiger partial charge in [-0.1, -0.05) is 52.3 Å². The van der Waals surface area contributed by atoms with E-state index in [1.54, 1.807) is 6.08 Å². The first kappa shape index (κ1) is 26.1. The lowest BCUT2D eigenvalue weighted by molar-refractivity contribution is -0.166. The summed E-state index contributed by atoms with van der Waals surface area (Å²) in [6.45, 7) is 13.9. The summed E-state index contributed by atoms with van der Waals surface area (Å²) >= 11 is 0. The molecule has 0 bridgehead atoms. The predicted molar refractivity (Wildman–Crippen MR) is 136 cm³/mol. The number of aliphatic hydroxyl groups excluding tert-OH is 2. The molecule has 4 aliphatic carbocycles. The minimum Gasteiger partial charge on any atom is -0.459 e. The van der Waals surface area contributed by atoms with E-state index >= 15 is 0 Å². The zero-order valence-corrected chi connectivity index (χ0v) is 22.9. The average molecular weight is 501 g/mol. The monoisotopic (exact) mass is 500 g/mol. The first-order valence-electron chi connectivity index (χ1n) is 13.7. The minimum atomic E-state index is -1.35. The third-order valence-electron chi connectivity index (χ3n) is 11.6. The molecule has 5 rings (SSSR count). The van der Waals surface area contributed by atoms with E-state index in [4.69, 9.17) is 4.74 Å². The molecule has 1 aliphatic heterocycles. The van der Waals surface area contributed by atoms with Crippen LogP contribution in [0.4, 0.5) is 0 Å². The van der Waals surface area contributed by atoms with Crippen LogP contribution in [-0.2, 0) is 14.3 Å². The SMILES string of the molecule is CC(C)(O)[C@H](O)[C@H]1C[C@@H](C2CC=C3[C@]4(C)[C@H](O)C[C@H]5C(C)(C)C(=O)C=C[C@]5(C)[C@H]4CC[C@]32C)C(=O)O1. The molecule has 5 aliphatic rings. The van der Waals surface area contributed by atoms with Crippen LogP contribution >= 0.6 is 0 Å². The van der Waals surface area contributed by atoms with E-state index in [0.717, 1.165) is 19.3 Å². The predicted octanol–water partition coefficient (Wildman–Crippen LogP) is 3.97. The summed E-state index contributed by atoms with van der Waals surface area (Å²) in [4.78, 5) is 25.9. The van der Waals surface area contributed by atoms with Crippen LogP contribution in [0.5, 0.6) is 0 Å². The van der Waals surface area contributed by atoms with Crippen molar-refractivity contribution < 1.29 is 29.6 Å². The van der Waals surface area contributed by atoms with Crippen LogP contribution in [0, 0.1) is 45.3 Å². The number of ketones is 1. The summed E-state index contributed by atoms with van der Waals surface area (Å²) < 4.78 is 5.61. The standard InChI is InChI=1S/C30H44O6/c1-26(2)21-15-23(32)30(7)19-9-8-17(16-14-18(36-25(16)34)24(33)27(3,4)35)28(19,5)12-10-20(30)29(21,6)13-11-22(26)31/h9,11,13,16-18,20-21,23-24,32-33,35H,8,10,12,14-15H2,1-7H3/t16-,17?,18+,20+,21-,23+,24+,28-,29+,30-/m0/s1. The maximum absolute atomic E-state index is 13.1. The number of esters is 1. The Kier molecular flexibility index (Phi) is 5.63. The Balaban J connectivity index is 1.47. The van der Waals surface area contributed by atoms with Gasteiger partial charge in [-0.2, -0.15) is 0 Å². The van der Waals surface area contributed by atoms with E-state index in [-0.39, 0.29) is 46.3 Å². The Hall–Kier alpha value is -1.50. The van der Waals surface area contributed by atoms with Gasteiger partial charge >= 0.3 is 5.97 Å². The van der Waals surface area contributed by atoms with E-state index in [2.05, 4.69) is 32.9 Å². The number of fused-ring (bicyclic) bond motifs is 5. The summed E-state index contributed by atoms with van der Waals surface area (Å²) in [5, 5.41) is 32.6.